The lowest BCUT2D eigenvalue weighted by Crippen LogP contribution is -1.92. The third-order valence-corrected chi connectivity index (χ3v) is 3.77. The summed E-state index contributed by atoms with van der Waals surface area (Å²) in [5, 5.41) is 9.98. The fraction of sp³-hybridized carbons (Fsp3) is 0.333. The van der Waals surface area contributed by atoms with Gasteiger partial charge in [-0.2, -0.15) is 0 Å². The lowest BCUT2D eigenvalue weighted by atomic mass is 9.95. The first-order valence-corrected chi connectivity index (χ1v) is 7.13. The minimum atomic E-state index is 0.401. The van der Waals surface area contributed by atoms with Crippen LogP contribution in [0, 0.1) is 0 Å². The second kappa shape index (κ2) is 5.92. The number of hydrogen-bond acceptors (Lipinski definition) is 1. The standard InChI is InChI=1S/C18H22O/c1-4-13-7-9-16(11-15(13)6-3)17-10-8-14(5-2)18(19)12-17/h7-12,19H,4-6H2,1-3H3. The summed E-state index contributed by atoms with van der Waals surface area (Å²) in [4.78, 5) is 0. The highest BCUT2D eigenvalue weighted by atomic mass is 16.3. The van der Waals surface area contributed by atoms with E-state index in [1.165, 1.54) is 16.7 Å². The van der Waals surface area contributed by atoms with Crippen molar-refractivity contribution in [3.05, 3.63) is 53.1 Å². The van der Waals surface area contributed by atoms with Crippen molar-refractivity contribution >= 4 is 0 Å². The van der Waals surface area contributed by atoms with Crippen molar-refractivity contribution in [1.82, 2.24) is 0 Å². The van der Waals surface area contributed by atoms with E-state index in [4.69, 9.17) is 0 Å². The second-order valence-electron chi connectivity index (χ2n) is 4.89. The molecular weight excluding hydrogens is 232 g/mol. The zero-order valence-electron chi connectivity index (χ0n) is 12.0. The Morgan fingerprint density at radius 3 is 1.74 bits per heavy atom. The third kappa shape index (κ3) is 2.81. The molecule has 0 amide bonds. The van der Waals surface area contributed by atoms with E-state index in [2.05, 4.69) is 45.0 Å². The number of rotatable bonds is 4. The molecule has 1 N–H and O–H groups in total. The van der Waals surface area contributed by atoms with Crippen molar-refractivity contribution < 1.29 is 5.11 Å². The van der Waals surface area contributed by atoms with Crippen LogP contribution in [0.4, 0.5) is 0 Å². The lowest BCUT2D eigenvalue weighted by molar-refractivity contribution is 0.469. The molecule has 2 rings (SSSR count). The Hall–Kier alpha value is -1.76. The van der Waals surface area contributed by atoms with Crippen LogP contribution < -0.4 is 0 Å². The van der Waals surface area contributed by atoms with Gasteiger partial charge in [-0.3, -0.25) is 0 Å². The van der Waals surface area contributed by atoms with Crippen LogP contribution in [0.15, 0.2) is 36.4 Å². The highest BCUT2D eigenvalue weighted by molar-refractivity contribution is 5.67. The third-order valence-electron chi connectivity index (χ3n) is 3.77. The van der Waals surface area contributed by atoms with Gasteiger partial charge in [-0.25, -0.2) is 0 Å². The maximum absolute atomic E-state index is 9.98. The normalized spacial score (nSPS) is 10.7. The maximum atomic E-state index is 9.98. The van der Waals surface area contributed by atoms with Crippen LogP contribution in [0.3, 0.4) is 0 Å². The molecule has 0 radical (unpaired) electrons. The zero-order valence-corrected chi connectivity index (χ0v) is 12.0. The number of aryl methyl sites for hydroxylation is 3. The molecule has 1 heteroatoms. The van der Waals surface area contributed by atoms with Crippen LogP contribution in [0.1, 0.15) is 37.5 Å². The molecule has 0 fully saturated rings. The van der Waals surface area contributed by atoms with Crippen molar-refractivity contribution in [3.63, 3.8) is 0 Å². The molecule has 1 nitrogen and oxygen atoms in total. The Bertz CT molecular complexity index is 570. The molecule has 0 heterocycles. The first kappa shape index (κ1) is 13.7. The SMILES string of the molecule is CCc1ccc(-c2ccc(CC)c(CC)c2)cc1O. The smallest absolute Gasteiger partial charge is 0.119 e. The summed E-state index contributed by atoms with van der Waals surface area (Å²) in [6.07, 6.45) is 2.99. The van der Waals surface area contributed by atoms with Gasteiger partial charge in [-0.05, 0) is 53.1 Å². The van der Waals surface area contributed by atoms with Crippen molar-refractivity contribution in [1.29, 1.82) is 0 Å². The van der Waals surface area contributed by atoms with Crippen LogP contribution >= 0.6 is 0 Å². The topological polar surface area (TPSA) is 20.2 Å². The molecule has 0 atom stereocenters. The molecule has 0 spiro atoms. The number of hydrogen-bond donors (Lipinski definition) is 1. The van der Waals surface area contributed by atoms with Gasteiger partial charge in [0, 0.05) is 0 Å². The van der Waals surface area contributed by atoms with Crippen LogP contribution in [0.5, 0.6) is 5.75 Å². The second-order valence-corrected chi connectivity index (χ2v) is 4.89. The van der Waals surface area contributed by atoms with E-state index in [9.17, 15) is 5.11 Å². The van der Waals surface area contributed by atoms with Gasteiger partial charge in [0.15, 0.2) is 0 Å². The molecular formula is C18H22O. The molecule has 100 valence electrons. The van der Waals surface area contributed by atoms with Gasteiger partial charge in [0.1, 0.15) is 5.75 Å². The van der Waals surface area contributed by atoms with E-state index in [1.807, 2.05) is 12.1 Å². The highest BCUT2D eigenvalue weighted by Crippen LogP contribution is 2.28. The predicted molar refractivity (Wildman–Crippen MR) is 81.7 cm³/mol. The van der Waals surface area contributed by atoms with E-state index in [0.717, 1.165) is 30.4 Å². The molecule has 2 aromatic rings. The van der Waals surface area contributed by atoms with Crippen LogP contribution in [0.2, 0.25) is 0 Å². The summed E-state index contributed by atoms with van der Waals surface area (Å²) in [6, 6.07) is 12.6. The van der Waals surface area contributed by atoms with Gasteiger partial charge in [-0.1, -0.05) is 51.1 Å². The Balaban J connectivity index is 2.44. The number of phenols is 1. The first-order chi connectivity index (χ1) is 9.19. The van der Waals surface area contributed by atoms with E-state index in [-0.39, 0.29) is 0 Å². The van der Waals surface area contributed by atoms with E-state index in [0.29, 0.717) is 5.75 Å². The number of phenolic OH excluding ortho intramolecular Hbond substituents is 1. The number of benzene rings is 2. The van der Waals surface area contributed by atoms with Gasteiger partial charge in [0.05, 0.1) is 0 Å². The van der Waals surface area contributed by atoms with Crippen LogP contribution in [-0.2, 0) is 19.3 Å². The fourth-order valence-electron chi connectivity index (χ4n) is 2.52. The van der Waals surface area contributed by atoms with Crippen molar-refractivity contribution in [2.45, 2.75) is 40.0 Å². The first-order valence-electron chi connectivity index (χ1n) is 7.13. The quantitative estimate of drug-likeness (QED) is 0.835. The summed E-state index contributed by atoms with van der Waals surface area (Å²) in [6.45, 7) is 6.44. The fourth-order valence-corrected chi connectivity index (χ4v) is 2.52. The minimum Gasteiger partial charge on any atom is -0.508 e. The average molecular weight is 254 g/mol. The van der Waals surface area contributed by atoms with Crippen molar-refractivity contribution in [2.75, 3.05) is 0 Å². The largest absolute Gasteiger partial charge is 0.508 e. The highest BCUT2D eigenvalue weighted by Gasteiger charge is 2.06. The lowest BCUT2D eigenvalue weighted by Gasteiger charge is -2.10. The summed E-state index contributed by atoms with van der Waals surface area (Å²) in [5.41, 5.74) is 6.10. The van der Waals surface area contributed by atoms with Crippen molar-refractivity contribution in [3.8, 4) is 16.9 Å². The summed E-state index contributed by atoms with van der Waals surface area (Å²) < 4.78 is 0. The Morgan fingerprint density at radius 1 is 0.684 bits per heavy atom. The van der Waals surface area contributed by atoms with Gasteiger partial charge in [0.2, 0.25) is 0 Å². The predicted octanol–water partition coefficient (Wildman–Crippen LogP) is 4.75. The molecule has 0 saturated heterocycles. The molecule has 19 heavy (non-hydrogen) atoms. The molecule has 0 aliphatic carbocycles. The van der Waals surface area contributed by atoms with Gasteiger partial charge < -0.3 is 5.11 Å². The van der Waals surface area contributed by atoms with E-state index in [1.54, 1.807) is 0 Å². The van der Waals surface area contributed by atoms with Gasteiger partial charge in [-0.15, -0.1) is 0 Å². The van der Waals surface area contributed by atoms with Crippen molar-refractivity contribution in [2.24, 2.45) is 0 Å². The Labute approximate surface area is 115 Å². The molecule has 0 unspecified atom stereocenters. The van der Waals surface area contributed by atoms with Crippen LogP contribution in [0.25, 0.3) is 11.1 Å². The molecule has 0 aliphatic heterocycles. The van der Waals surface area contributed by atoms with Gasteiger partial charge >= 0.3 is 0 Å². The van der Waals surface area contributed by atoms with E-state index < -0.39 is 0 Å². The Morgan fingerprint density at radius 2 is 1.21 bits per heavy atom. The molecule has 0 bridgehead atoms. The maximum Gasteiger partial charge on any atom is 0.119 e. The van der Waals surface area contributed by atoms with E-state index >= 15 is 0 Å². The number of aromatic hydroxyl groups is 1. The average Bonchev–Trinajstić information content (AvgIpc) is 2.46. The molecule has 2 aromatic carbocycles. The Kier molecular flexibility index (Phi) is 4.26. The summed E-state index contributed by atoms with van der Waals surface area (Å²) in [5.74, 6) is 0.401. The van der Waals surface area contributed by atoms with Gasteiger partial charge in [0.25, 0.3) is 0 Å². The molecule has 0 aliphatic rings. The molecule has 0 saturated carbocycles. The monoisotopic (exact) mass is 254 g/mol. The summed E-state index contributed by atoms with van der Waals surface area (Å²) >= 11 is 0. The minimum absolute atomic E-state index is 0.401. The van der Waals surface area contributed by atoms with Crippen LogP contribution in [-0.4, -0.2) is 5.11 Å². The summed E-state index contributed by atoms with van der Waals surface area (Å²) in [7, 11) is 0. The molecule has 0 aromatic heterocycles. The zero-order chi connectivity index (χ0) is 13.8.